The van der Waals surface area contributed by atoms with E-state index in [4.69, 9.17) is 0 Å². The number of hydrogen-bond acceptors (Lipinski definition) is 4. The fraction of sp³-hybridized carbons (Fsp3) is 0.318. The molecule has 0 radical (unpaired) electrons. The Bertz CT molecular complexity index is 1050. The summed E-state index contributed by atoms with van der Waals surface area (Å²) in [6.07, 6.45) is 0. The molecule has 0 unspecified atom stereocenters. The molecule has 5 nitrogen and oxygen atoms in total. The van der Waals surface area contributed by atoms with E-state index in [1.165, 1.54) is 17.3 Å². The molecule has 1 amide bonds. The van der Waals surface area contributed by atoms with Crippen molar-refractivity contribution in [2.45, 2.75) is 38.3 Å². The summed E-state index contributed by atoms with van der Waals surface area (Å²) in [6, 6.07) is 12.3. The third-order valence-electron chi connectivity index (χ3n) is 4.63. The highest BCUT2D eigenvalue weighted by atomic mass is 79.9. The van der Waals surface area contributed by atoms with Crippen LogP contribution in [0.2, 0.25) is 0 Å². The molecule has 0 saturated heterocycles. The summed E-state index contributed by atoms with van der Waals surface area (Å²) in [5.74, 6) is 0.911. The fourth-order valence-electron chi connectivity index (χ4n) is 2.94. The van der Waals surface area contributed by atoms with Gasteiger partial charge < -0.3 is 9.88 Å². The number of carbonyl (C=O) groups is 1. The van der Waals surface area contributed by atoms with Crippen LogP contribution in [0.5, 0.6) is 0 Å². The molecule has 0 spiro atoms. The number of nitrogens with zero attached hydrogens (tertiary/aromatic N) is 3. The van der Waals surface area contributed by atoms with Crippen molar-refractivity contribution in [2.24, 2.45) is 7.05 Å². The van der Waals surface area contributed by atoms with Crippen molar-refractivity contribution in [3.05, 3.63) is 56.5 Å². The predicted octanol–water partition coefficient (Wildman–Crippen LogP) is 6.34. The number of aryl methyl sites for hydroxylation is 1. The Hall–Kier alpha value is -1.64. The van der Waals surface area contributed by atoms with Crippen LogP contribution in [0, 0.1) is 6.92 Å². The summed E-state index contributed by atoms with van der Waals surface area (Å²) in [5.41, 5.74) is 4.20. The summed E-state index contributed by atoms with van der Waals surface area (Å²) in [6.45, 7) is 8.58. The monoisotopic (exact) mass is 550 g/mol. The molecule has 1 aromatic heterocycles. The lowest BCUT2D eigenvalue weighted by Crippen LogP contribution is -2.15. The third-order valence-corrected chi connectivity index (χ3v) is 6.90. The molecule has 0 aliphatic rings. The highest BCUT2D eigenvalue weighted by Crippen LogP contribution is 2.33. The molecule has 0 aliphatic carbocycles. The first-order chi connectivity index (χ1) is 14.1. The van der Waals surface area contributed by atoms with E-state index in [1.54, 1.807) is 0 Å². The van der Waals surface area contributed by atoms with Gasteiger partial charge in [0.15, 0.2) is 11.0 Å². The molecule has 0 aliphatic heterocycles. The zero-order valence-electron chi connectivity index (χ0n) is 17.6. The van der Waals surface area contributed by atoms with Gasteiger partial charge in [0.25, 0.3) is 0 Å². The predicted molar refractivity (Wildman–Crippen MR) is 131 cm³/mol. The maximum atomic E-state index is 12.5. The van der Waals surface area contributed by atoms with Crippen LogP contribution in [0.4, 0.5) is 5.69 Å². The molecule has 0 saturated carbocycles. The quantitative estimate of drug-likeness (QED) is 0.376. The molecule has 3 aromatic rings. The van der Waals surface area contributed by atoms with E-state index >= 15 is 0 Å². The lowest BCUT2D eigenvalue weighted by Gasteiger charge is -2.19. The van der Waals surface area contributed by atoms with Crippen molar-refractivity contribution in [1.29, 1.82) is 0 Å². The van der Waals surface area contributed by atoms with Gasteiger partial charge in [0.2, 0.25) is 5.91 Å². The molecule has 0 fully saturated rings. The number of amides is 1. The van der Waals surface area contributed by atoms with Gasteiger partial charge in [0.1, 0.15) is 0 Å². The van der Waals surface area contributed by atoms with Gasteiger partial charge in [-0.05, 0) is 67.5 Å². The Labute approximate surface area is 198 Å². The molecule has 1 N–H and O–H groups in total. The number of anilines is 1. The van der Waals surface area contributed by atoms with E-state index in [1.807, 2.05) is 30.7 Å². The zero-order chi connectivity index (χ0) is 22.1. The summed E-state index contributed by atoms with van der Waals surface area (Å²) in [4.78, 5) is 12.5. The summed E-state index contributed by atoms with van der Waals surface area (Å²) < 4.78 is 3.60. The van der Waals surface area contributed by atoms with Crippen LogP contribution in [-0.2, 0) is 17.3 Å². The van der Waals surface area contributed by atoms with Crippen molar-refractivity contribution >= 4 is 55.2 Å². The zero-order valence-corrected chi connectivity index (χ0v) is 21.6. The van der Waals surface area contributed by atoms with Crippen LogP contribution < -0.4 is 5.32 Å². The van der Waals surface area contributed by atoms with Crippen LogP contribution in [0.25, 0.3) is 11.4 Å². The van der Waals surface area contributed by atoms with Gasteiger partial charge in [-0.3, -0.25) is 4.79 Å². The standard InChI is InChI=1S/C22H24Br2N4OS/c1-13-10-16(23)19(17(24)11-13)25-18(29)12-30-21-27-26-20(28(21)5)14-6-8-15(9-7-14)22(2,3)4/h6-11H,12H2,1-5H3,(H,25,29). The Morgan fingerprint density at radius 3 is 2.27 bits per heavy atom. The molecule has 0 bridgehead atoms. The van der Waals surface area contributed by atoms with Crippen LogP contribution in [0.1, 0.15) is 31.9 Å². The average Bonchev–Trinajstić information content (AvgIpc) is 3.03. The van der Waals surface area contributed by atoms with Gasteiger partial charge in [-0.2, -0.15) is 0 Å². The smallest absolute Gasteiger partial charge is 0.234 e. The number of rotatable bonds is 5. The number of halogens is 2. The number of thioether (sulfide) groups is 1. The minimum atomic E-state index is -0.107. The molecule has 30 heavy (non-hydrogen) atoms. The fourth-order valence-corrected chi connectivity index (χ4v) is 5.26. The number of carbonyl (C=O) groups excluding carboxylic acids is 1. The van der Waals surface area contributed by atoms with Crippen LogP contribution in [0.3, 0.4) is 0 Å². The molecular formula is C22H24Br2N4OS. The summed E-state index contributed by atoms with van der Waals surface area (Å²) in [5, 5.41) is 12.2. The first-order valence-electron chi connectivity index (χ1n) is 9.45. The van der Waals surface area contributed by atoms with E-state index in [-0.39, 0.29) is 17.1 Å². The largest absolute Gasteiger partial charge is 0.323 e. The van der Waals surface area contributed by atoms with Gasteiger partial charge in [-0.1, -0.05) is 56.8 Å². The van der Waals surface area contributed by atoms with Gasteiger partial charge in [-0.25, -0.2) is 0 Å². The van der Waals surface area contributed by atoms with E-state index in [0.717, 1.165) is 31.6 Å². The molecule has 0 atom stereocenters. The van der Waals surface area contributed by atoms with Crippen molar-refractivity contribution in [1.82, 2.24) is 14.8 Å². The van der Waals surface area contributed by atoms with Crippen LogP contribution in [-0.4, -0.2) is 26.4 Å². The van der Waals surface area contributed by atoms with Crippen molar-refractivity contribution in [3.63, 3.8) is 0 Å². The van der Waals surface area contributed by atoms with Gasteiger partial charge in [0.05, 0.1) is 11.4 Å². The maximum Gasteiger partial charge on any atom is 0.234 e. The molecule has 8 heteroatoms. The van der Waals surface area contributed by atoms with E-state index in [9.17, 15) is 4.79 Å². The number of hydrogen-bond donors (Lipinski definition) is 1. The Kier molecular flexibility index (Phi) is 7.09. The Morgan fingerprint density at radius 1 is 1.10 bits per heavy atom. The minimum absolute atomic E-state index is 0.105. The van der Waals surface area contributed by atoms with Gasteiger partial charge in [0, 0.05) is 21.6 Å². The second-order valence-electron chi connectivity index (χ2n) is 8.13. The highest BCUT2D eigenvalue weighted by Gasteiger charge is 2.17. The number of aromatic nitrogens is 3. The first kappa shape index (κ1) is 23.0. The lowest BCUT2D eigenvalue weighted by atomic mass is 9.87. The molecule has 1 heterocycles. The second-order valence-corrected chi connectivity index (χ2v) is 10.8. The normalized spacial score (nSPS) is 11.6. The first-order valence-corrected chi connectivity index (χ1v) is 12.0. The third kappa shape index (κ3) is 5.34. The Morgan fingerprint density at radius 2 is 1.70 bits per heavy atom. The molecule has 158 valence electrons. The van der Waals surface area contributed by atoms with Crippen molar-refractivity contribution in [2.75, 3.05) is 11.1 Å². The number of nitrogens with one attached hydrogen (secondary N) is 1. The van der Waals surface area contributed by atoms with Crippen LogP contribution in [0.15, 0.2) is 50.5 Å². The van der Waals surface area contributed by atoms with Crippen molar-refractivity contribution in [3.8, 4) is 11.4 Å². The molecule has 3 rings (SSSR count). The van der Waals surface area contributed by atoms with Crippen LogP contribution >= 0.6 is 43.6 Å². The topological polar surface area (TPSA) is 59.8 Å². The Balaban J connectivity index is 1.68. The van der Waals surface area contributed by atoms with Crippen molar-refractivity contribution < 1.29 is 4.79 Å². The summed E-state index contributed by atoms with van der Waals surface area (Å²) in [7, 11) is 1.92. The highest BCUT2D eigenvalue weighted by molar-refractivity contribution is 9.11. The molecular weight excluding hydrogens is 528 g/mol. The minimum Gasteiger partial charge on any atom is -0.323 e. The lowest BCUT2D eigenvalue weighted by molar-refractivity contribution is -0.113. The van der Waals surface area contributed by atoms with Gasteiger partial charge >= 0.3 is 0 Å². The number of benzene rings is 2. The summed E-state index contributed by atoms with van der Waals surface area (Å²) >= 11 is 8.36. The van der Waals surface area contributed by atoms with E-state index in [2.05, 4.69) is 92.4 Å². The maximum absolute atomic E-state index is 12.5. The van der Waals surface area contributed by atoms with E-state index < -0.39 is 0 Å². The van der Waals surface area contributed by atoms with E-state index in [0.29, 0.717) is 5.16 Å². The second kappa shape index (κ2) is 9.24. The molecule has 2 aromatic carbocycles. The SMILES string of the molecule is Cc1cc(Br)c(NC(=O)CSc2nnc(-c3ccc(C(C)(C)C)cc3)n2C)c(Br)c1. The average molecular weight is 552 g/mol. The van der Waals surface area contributed by atoms with Gasteiger partial charge in [-0.15, -0.1) is 10.2 Å².